The third-order valence-electron chi connectivity index (χ3n) is 1.95. The summed E-state index contributed by atoms with van der Waals surface area (Å²) in [4.78, 5) is 11.1. The highest BCUT2D eigenvalue weighted by atomic mass is 35.5. The first-order valence-electron chi connectivity index (χ1n) is 5.55. The fraction of sp³-hybridized carbons (Fsp3) is 0.909. The van der Waals surface area contributed by atoms with E-state index in [2.05, 4.69) is 6.92 Å². The van der Waals surface area contributed by atoms with Crippen molar-refractivity contribution in [3.05, 3.63) is 0 Å². The molecule has 0 N–H and O–H groups in total. The molecule has 0 spiro atoms. The molecular formula is C11H21ClO3. The minimum absolute atomic E-state index is 0.0966. The molecule has 0 aromatic heterocycles. The van der Waals surface area contributed by atoms with E-state index in [-0.39, 0.29) is 5.92 Å². The van der Waals surface area contributed by atoms with Crippen LogP contribution >= 0.6 is 11.6 Å². The molecule has 0 rings (SSSR count). The molecular weight excluding hydrogens is 216 g/mol. The lowest BCUT2D eigenvalue weighted by molar-refractivity contribution is 0.0341. The Morgan fingerprint density at radius 1 is 1.27 bits per heavy atom. The SMILES string of the molecule is CCCCCCOC(=O)OC(Cl)C(C)C. The van der Waals surface area contributed by atoms with Crippen LogP contribution in [-0.4, -0.2) is 18.3 Å². The van der Waals surface area contributed by atoms with E-state index in [0.29, 0.717) is 6.61 Å². The number of carbonyl (C=O) groups is 1. The van der Waals surface area contributed by atoms with Crippen LogP contribution in [0.1, 0.15) is 46.5 Å². The lowest BCUT2D eigenvalue weighted by atomic mass is 10.2. The topological polar surface area (TPSA) is 35.5 Å². The Hall–Kier alpha value is -0.440. The maximum atomic E-state index is 11.1. The Kier molecular flexibility index (Phi) is 8.58. The van der Waals surface area contributed by atoms with Crippen LogP contribution in [0.25, 0.3) is 0 Å². The summed E-state index contributed by atoms with van der Waals surface area (Å²) in [5.74, 6) is 0.0966. The van der Waals surface area contributed by atoms with Gasteiger partial charge in [0.25, 0.3) is 0 Å². The molecule has 0 aliphatic heterocycles. The molecule has 0 radical (unpaired) electrons. The Morgan fingerprint density at radius 3 is 2.47 bits per heavy atom. The van der Waals surface area contributed by atoms with Crippen LogP contribution in [0.15, 0.2) is 0 Å². The zero-order valence-corrected chi connectivity index (χ0v) is 10.5. The van der Waals surface area contributed by atoms with Crippen molar-refractivity contribution in [2.24, 2.45) is 5.92 Å². The number of hydrogen-bond acceptors (Lipinski definition) is 3. The second-order valence-corrected chi connectivity index (χ2v) is 4.30. The van der Waals surface area contributed by atoms with Gasteiger partial charge < -0.3 is 9.47 Å². The van der Waals surface area contributed by atoms with E-state index < -0.39 is 11.7 Å². The van der Waals surface area contributed by atoms with Gasteiger partial charge in [0.05, 0.1) is 6.61 Å². The van der Waals surface area contributed by atoms with Gasteiger partial charge in [-0.3, -0.25) is 0 Å². The van der Waals surface area contributed by atoms with E-state index in [0.717, 1.165) is 12.8 Å². The highest BCUT2D eigenvalue weighted by Crippen LogP contribution is 2.11. The van der Waals surface area contributed by atoms with Gasteiger partial charge >= 0.3 is 6.16 Å². The molecule has 0 fully saturated rings. The molecule has 4 heteroatoms. The number of alkyl halides is 1. The van der Waals surface area contributed by atoms with Crippen molar-refractivity contribution in [1.82, 2.24) is 0 Å². The molecule has 0 bridgehead atoms. The van der Waals surface area contributed by atoms with Gasteiger partial charge in [0.2, 0.25) is 0 Å². The lowest BCUT2D eigenvalue weighted by Gasteiger charge is -2.13. The van der Waals surface area contributed by atoms with Crippen molar-refractivity contribution in [2.45, 2.75) is 52.0 Å². The number of rotatable bonds is 7. The van der Waals surface area contributed by atoms with Crippen molar-refractivity contribution in [3.8, 4) is 0 Å². The molecule has 1 unspecified atom stereocenters. The van der Waals surface area contributed by atoms with Gasteiger partial charge in [-0.15, -0.1) is 0 Å². The molecule has 0 saturated heterocycles. The average Bonchev–Trinajstić information content (AvgIpc) is 2.17. The van der Waals surface area contributed by atoms with Gasteiger partial charge in [0, 0.05) is 5.92 Å². The lowest BCUT2D eigenvalue weighted by Crippen LogP contribution is -2.19. The Bertz CT molecular complexity index is 171. The van der Waals surface area contributed by atoms with Crippen molar-refractivity contribution in [2.75, 3.05) is 6.61 Å². The Morgan fingerprint density at radius 2 is 1.93 bits per heavy atom. The summed E-state index contributed by atoms with van der Waals surface area (Å²) < 4.78 is 9.69. The van der Waals surface area contributed by atoms with Crippen LogP contribution < -0.4 is 0 Å². The smallest absolute Gasteiger partial charge is 0.434 e. The van der Waals surface area contributed by atoms with Crippen LogP contribution in [0.2, 0.25) is 0 Å². The Labute approximate surface area is 97.1 Å². The first-order chi connectivity index (χ1) is 7.07. The number of hydrogen-bond donors (Lipinski definition) is 0. The van der Waals surface area contributed by atoms with Gasteiger partial charge in [-0.05, 0) is 6.42 Å². The molecule has 0 aliphatic rings. The minimum atomic E-state index is -0.666. The molecule has 0 heterocycles. The van der Waals surface area contributed by atoms with Crippen LogP contribution in [0.4, 0.5) is 4.79 Å². The van der Waals surface area contributed by atoms with Crippen molar-refractivity contribution >= 4 is 17.8 Å². The first kappa shape index (κ1) is 14.6. The fourth-order valence-corrected chi connectivity index (χ4v) is 1.02. The predicted molar refractivity (Wildman–Crippen MR) is 61.1 cm³/mol. The van der Waals surface area contributed by atoms with E-state index in [1.807, 2.05) is 13.8 Å². The summed E-state index contributed by atoms with van der Waals surface area (Å²) in [6, 6.07) is 0. The van der Waals surface area contributed by atoms with Crippen LogP contribution in [-0.2, 0) is 9.47 Å². The highest BCUT2D eigenvalue weighted by molar-refractivity contribution is 6.20. The molecule has 0 aromatic carbocycles. The van der Waals surface area contributed by atoms with E-state index in [1.165, 1.54) is 12.8 Å². The molecule has 0 aromatic rings. The maximum absolute atomic E-state index is 11.1. The highest BCUT2D eigenvalue weighted by Gasteiger charge is 2.15. The molecule has 15 heavy (non-hydrogen) atoms. The van der Waals surface area contributed by atoms with Crippen molar-refractivity contribution in [1.29, 1.82) is 0 Å². The van der Waals surface area contributed by atoms with E-state index in [1.54, 1.807) is 0 Å². The summed E-state index contributed by atoms with van der Waals surface area (Å²) >= 11 is 5.75. The molecule has 0 amide bonds. The van der Waals surface area contributed by atoms with Gasteiger partial charge in [0.15, 0.2) is 5.56 Å². The van der Waals surface area contributed by atoms with Gasteiger partial charge in [-0.2, -0.15) is 0 Å². The monoisotopic (exact) mass is 236 g/mol. The minimum Gasteiger partial charge on any atom is -0.434 e. The number of ether oxygens (including phenoxy) is 2. The second-order valence-electron chi connectivity index (χ2n) is 3.87. The third-order valence-corrected chi connectivity index (χ3v) is 2.54. The van der Waals surface area contributed by atoms with Gasteiger partial charge in [0.1, 0.15) is 0 Å². The van der Waals surface area contributed by atoms with Crippen LogP contribution in [0, 0.1) is 5.92 Å². The zero-order chi connectivity index (χ0) is 11.7. The molecule has 3 nitrogen and oxygen atoms in total. The quantitative estimate of drug-likeness (QED) is 0.382. The molecule has 90 valence electrons. The summed E-state index contributed by atoms with van der Waals surface area (Å²) in [7, 11) is 0. The van der Waals surface area contributed by atoms with Crippen LogP contribution in [0.5, 0.6) is 0 Å². The fourth-order valence-electron chi connectivity index (χ4n) is 0.946. The number of halogens is 1. The standard InChI is InChI=1S/C11H21ClO3/c1-4-5-6-7-8-14-11(13)15-10(12)9(2)3/h9-10H,4-8H2,1-3H3. The second kappa shape index (κ2) is 8.84. The van der Waals surface area contributed by atoms with Gasteiger partial charge in [-0.1, -0.05) is 51.6 Å². The molecule has 0 aliphatic carbocycles. The third kappa shape index (κ3) is 8.55. The summed E-state index contributed by atoms with van der Waals surface area (Å²) in [6.07, 6.45) is 3.64. The van der Waals surface area contributed by atoms with Crippen LogP contribution in [0.3, 0.4) is 0 Å². The average molecular weight is 237 g/mol. The maximum Gasteiger partial charge on any atom is 0.509 e. The van der Waals surface area contributed by atoms with E-state index >= 15 is 0 Å². The largest absolute Gasteiger partial charge is 0.509 e. The van der Waals surface area contributed by atoms with E-state index in [9.17, 15) is 4.79 Å². The normalized spacial score (nSPS) is 12.6. The predicted octanol–water partition coefficient (Wildman–Crippen LogP) is 3.94. The summed E-state index contributed by atoms with van der Waals surface area (Å²) in [6.45, 7) is 6.31. The van der Waals surface area contributed by atoms with Gasteiger partial charge in [-0.25, -0.2) is 4.79 Å². The summed E-state index contributed by atoms with van der Waals surface area (Å²) in [5, 5.41) is 0. The zero-order valence-electron chi connectivity index (χ0n) is 9.79. The summed E-state index contributed by atoms with van der Waals surface area (Å²) in [5.41, 5.74) is -0.604. The number of unbranched alkanes of at least 4 members (excludes halogenated alkanes) is 3. The molecule has 1 atom stereocenters. The number of carbonyl (C=O) groups excluding carboxylic acids is 1. The van der Waals surface area contributed by atoms with Crippen molar-refractivity contribution < 1.29 is 14.3 Å². The van der Waals surface area contributed by atoms with E-state index in [4.69, 9.17) is 21.1 Å². The first-order valence-corrected chi connectivity index (χ1v) is 5.99. The van der Waals surface area contributed by atoms with Crippen molar-refractivity contribution in [3.63, 3.8) is 0 Å². The Balaban J connectivity index is 3.41. The molecule has 0 saturated carbocycles.